The number of para-hydroxylation sites is 1. The first-order valence-electron chi connectivity index (χ1n) is 10.9. The van der Waals surface area contributed by atoms with Crippen LogP contribution in [0.4, 0.5) is 4.39 Å². The molecule has 0 bridgehead atoms. The van der Waals surface area contributed by atoms with Gasteiger partial charge in [0.1, 0.15) is 11.6 Å². The quantitative estimate of drug-likeness (QED) is 0.305. The number of thiophene rings is 1. The van der Waals surface area contributed by atoms with E-state index in [-0.39, 0.29) is 23.5 Å². The molecule has 0 unspecified atom stereocenters. The molecule has 0 atom stereocenters. The Bertz CT molecular complexity index is 1220. The fourth-order valence-corrected chi connectivity index (χ4v) is 5.30. The molecule has 5 nitrogen and oxygen atoms in total. The van der Waals surface area contributed by atoms with Crippen molar-refractivity contribution in [1.29, 1.82) is 0 Å². The largest absolute Gasteiger partial charge is 0.335 e. The normalized spacial score (nSPS) is 13.2. The molecule has 0 aliphatic heterocycles. The number of carbonyl (C=O) groups excluding carboxylic acids is 1. The standard InChI is InChI=1S/C25H23FN4OS2/c26-22-11-5-4-7-18(22)16-29(19-12-13-19)24(31)17-33-25-28-27-23(15-21-10-6-14-32-21)30(25)20-8-2-1-3-9-20/h1-11,14,19H,12-13,15-17H2. The SMILES string of the molecule is O=C(CSc1nnc(Cc2cccs2)n1-c1ccccc1)N(Cc1ccccc1F)C1CC1. The molecule has 1 aliphatic carbocycles. The van der Waals surface area contributed by atoms with Crippen molar-refractivity contribution in [3.63, 3.8) is 0 Å². The van der Waals surface area contributed by atoms with E-state index in [1.807, 2.05) is 41.0 Å². The molecule has 33 heavy (non-hydrogen) atoms. The molecule has 2 aromatic heterocycles. The molecular formula is C25H23FN4OS2. The number of hydrogen-bond acceptors (Lipinski definition) is 5. The van der Waals surface area contributed by atoms with Gasteiger partial charge in [-0.15, -0.1) is 21.5 Å². The molecule has 0 saturated heterocycles. The molecule has 0 spiro atoms. The minimum Gasteiger partial charge on any atom is -0.335 e. The third-order valence-electron chi connectivity index (χ3n) is 5.56. The number of rotatable bonds is 9. The molecule has 168 valence electrons. The first kappa shape index (κ1) is 21.9. The average molecular weight is 479 g/mol. The van der Waals surface area contributed by atoms with E-state index in [2.05, 4.69) is 21.6 Å². The zero-order valence-electron chi connectivity index (χ0n) is 17.9. The van der Waals surface area contributed by atoms with Crippen molar-refractivity contribution in [2.75, 3.05) is 5.75 Å². The van der Waals surface area contributed by atoms with Crippen molar-refractivity contribution < 1.29 is 9.18 Å². The number of hydrogen-bond donors (Lipinski definition) is 0. The van der Waals surface area contributed by atoms with Gasteiger partial charge in [0.15, 0.2) is 5.16 Å². The summed E-state index contributed by atoms with van der Waals surface area (Å²) in [5.74, 6) is 0.789. The lowest BCUT2D eigenvalue weighted by molar-refractivity contribution is -0.129. The first-order chi connectivity index (χ1) is 16.2. The van der Waals surface area contributed by atoms with E-state index in [0.29, 0.717) is 23.7 Å². The molecule has 2 aromatic carbocycles. The van der Waals surface area contributed by atoms with Crippen LogP contribution in [-0.2, 0) is 17.8 Å². The number of benzene rings is 2. The molecule has 1 saturated carbocycles. The zero-order chi connectivity index (χ0) is 22.6. The van der Waals surface area contributed by atoms with Crippen LogP contribution in [0.3, 0.4) is 0 Å². The fraction of sp³-hybridized carbons (Fsp3) is 0.240. The topological polar surface area (TPSA) is 51.0 Å². The van der Waals surface area contributed by atoms with Crippen LogP contribution in [0.25, 0.3) is 5.69 Å². The van der Waals surface area contributed by atoms with Crippen LogP contribution in [-0.4, -0.2) is 37.4 Å². The lowest BCUT2D eigenvalue weighted by Gasteiger charge is -2.22. The van der Waals surface area contributed by atoms with Crippen LogP contribution in [0.15, 0.2) is 77.3 Å². The Hall–Kier alpha value is -2.97. The second-order valence-electron chi connectivity index (χ2n) is 7.96. The monoisotopic (exact) mass is 478 g/mol. The lowest BCUT2D eigenvalue weighted by Crippen LogP contribution is -2.34. The molecule has 0 radical (unpaired) electrons. The summed E-state index contributed by atoms with van der Waals surface area (Å²) in [6, 6.07) is 20.9. The second kappa shape index (κ2) is 9.89. The smallest absolute Gasteiger partial charge is 0.233 e. The van der Waals surface area contributed by atoms with Crippen molar-refractivity contribution in [2.24, 2.45) is 0 Å². The van der Waals surface area contributed by atoms with E-state index in [1.54, 1.807) is 34.4 Å². The van der Waals surface area contributed by atoms with Crippen molar-refractivity contribution in [2.45, 2.75) is 37.0 Å². The van der Waals surface area contributed by atoms with E-state index in [4.69, 9.17) is 0 Å². The van der Waals surface area contributed by atoms with E-state index in [9.17, 15) is 9.18 Å². The molecular weight excluding hydrogens is 455 g/mol. The maximum absolute atomic E-state index is 14.2. The summed E-state index contributed by atoms with van der Waals surface area (Å²) in [6.45, 7) is 0.297. The molecule has 2 heterocycles. The number of amides is 1. The Kier molecular flexibility index (Phi) is 6.55. The Balaban J connectivity index is 1.35. The van der Waals surface area contributed by atoms with Crippen molar-refractivity contribution >= 4 is 29.0 Å². The molecule has 4 aromatic rings. The lowest BCUT2D eigenvalue weighted by atomic mass is 10.2. The molecule has 1 aliphatic rings. The van der Waals surface area contributed by atoms with Crippen LogP contribution in [0, 0.1) is 5.82 Å². The van der Waals surface area contributed by atoms with E-state index >= 15 is 0 Å². The summed E-state index contributed by atoms with van der Waals surface area (Å²) in [7, 11) is 0. The van der Waals surface area contributed by atoms with Crippen molar-refractivity contribution in [3.8, 4) is 5.69 Å². The van der Waals surface area contributed by atoms with Gasteiger partial charge in [-0.3, -0.25) is 9.36 Å². The zero-order valence-corrected chi connectivity index (χ0v) is 19.6. The molecule has 1 fully saturated rings. The van der Waals surface area contributed by atoms with E-state index < -0.39 is 0 Å². The summed E-state index contributed by atoms with van der Waals surface area (Å²) in [5.41, 5.74) is 1.52. The van der Waals surface area contributed by atoms with Crippen molar-refractivity contribution in [3.05, 3.63) is 94.2 Å². The van der Waals surface area contributed by atoms with Gasteiger partial charge in [-0.2, -0.15) is 0 Å². The maximum Gasteiger partial charge on any atom is 0.233 e. The summed E-state index contributed by atoms with van der Waals surface area (Å²) in [4.78, 5) is 16.2. The predicted molar refractivity (Wildman–Crippen MR) is 129 cm³/mol. The van der Waals surface area contributed by atoms with Gasteiger partial charge in [0, 0.05) is 35.1 Å². The number of carbonyl (C=O) groups is 1. The third-order valence-corrected chi connectivity index (χ3v) is 7.35. The second-order valence-corrected chi connectivity index (χ2v) is 9.93. The molecule has 8 heteroatoms. The van der Waals surface area contributed by atoms with Crippen LogP contribution in [0.1, 0.15) is 29.1 Å². The molecule has 5 rings (SSSR count). The predicted octanol–water partition coefficient (Wildman–Crippen LogP) is 5.34. The van der Waals surface area contributed by atoms with E-state index in [1.165, 1.54) is 22.7 Å². The Labute approximate surface area is 200 Å². The number of halogens is 1. The molecule has 1 amide bonds. The van der Waals surface area contributed by atoms with Gasteiger partial charge in [0.2, 0.25) is 5.91 Å². The Morgan fingerprint density at radius 2 is 1.85 bits per heavy atom. The Morgan fingerprint density at radius 1 is 1.06 bits per heavy atom. The fourth-order valence-electron chi connectivity index (χ4n) is 3.74. The van der Waals surface area contributed by atoms with Crippen LogP contribution in [0.5, 0.6) is 0 Å². The van der Waals surface area contributed by atoms with Crippen LogP contribution in [0.2, 0.25) is 0 Å². The van der Waals surface area contributed by atoms with Gasteiger partial charge in [-0.05, 0) is 42.5 Å². The average Bonchev–Trinajstić information content (AvgIpc) is 3.39. The van der Waals surface area contributed by atoms with E-state index in [0.717, 1.165) is 24.4 Å². The van der Waals surface area contributed by atoms with Gasteiger partial charge in [-0.25, -0.2) is 4.39 Å². The van der Waals surface area contributed by atoms with Gasteiger partial charge in [0.25, 0.3) is 0 Å². The maximum atomic E-state index is 14.2. The van der Waals surface area contributed by atoms with Gasteiger partial charge in [0.05, 0.1) is 5.75 Å². The highest BCUT2D eigenvalue weighted by molar-refractivity contribution is 7.99. The summed E-state index contributed by atoms with van der Waals surface area (Å²) < 4.78 is 16.2. The van der Waals surface area contributed by atoms with Gasteiger partial charge >= 0.3 is 0 Å². The molecule has 0 N–H and O–H groups in total. The minimum atomic E-state index is -0.273. The van der Waals surface area contributed by atoms with Crippen molar-refractivity contribution in [1.82, 2.24) is 19.7 Å². The number of nitrogens with zero attached hydrogens (tertiary/aromatic N) is 4. The van der Waals surface area contributed by atoms with Crippen LogP contribution < -0.4 is 0 Å². The highest BCUT2D eigenvalue weighted by Gasteiger charge is 2.33. The van der Waals surface area contributed by atoms with Gasteiger partial charge in [-0.1, -0.05) is 54.2 Å². The minimum absolute atomic E-state index is 0.00632. The Morgan fingerprint density at radius 3 is 2.58 bits per heavy atom. The summed E-state index contributed by atoms with van der Waals surface area (Å²) >= 11 is 3.07. The first-order valence-corrected chi connectivity index (χ1v) is 12.7. The van der Waals surface area contributed by atoms with Gasteiger partial charge < -0.3 is 4.90 Å². The van der Waals surface area contributed by atoms with Crippen LogP contribution >= 0.6 is 23.1 Å². The highest BCUT2D eigenvalue weighted by atomic mass is 32.2. The number of thioether (sulfide) groups is 1. The highest BCUT2D eigenvalue weighted by Crippen LogP contribution is 2.31. The third kappa shape index (κ3) is 5.17. The number of aromatic nitrogens is 3. The summed E-state index contributed by atoms with van der Waals surface area (Å²) in [5, 5.41) is 11.6. The summed E-state index contributed by atoms with van der Waals surface area (Å²) in [6.07, 6.45) is 2.61.